The zero-order valence-electron chi connectivity index (χ0n) is 13.0. The average molecular weight is 312 g/mol. The third-order valence-electron chi connectivity index (χ3n) is 4.86. The summed E-state index contributed by atoms with van der Waals surface area (Å²) in [6, 6.07) is 12.0. The van der Waals surface area contributed by atoms with Crippen LogP contribution in [0.15, 0.2) is 40.8 Å². The fraction of sp³-hybridized carbons (Fsp3) is 0.389. The number of rotatable bonds is 4. The Balaban J connectivity index is 1.47. The number of hydrogen-bond donors (Lipinski definition) is 2. The molecule has 2 heterocycles. The fourth-order valence-corrected chi connectivity index (χ4v) is 3.64. The van der Waals surface area contributed by atoms with E-state index in [0.29, 0.717) is 23.5 Å². The Hall–Kier alpha value is -2.27. The van der Waals surface area contributed by atoms with Crippen LogP contribution in [0.3, 0.4) is 0 Å². The molecule has 23 heavy (non-hydrogen) atoms. The highest BCUT2D eigenvalue weighted by Crippen LogP contribution is 2.31. The lowest BCUT2D eigenvalue weighted by atomic mass is 10.0. The zero-order valence-corrected chi connectivity index (χ0v) is 13.0. The van der Waals surface area contributed by atoms with Gasteiger partial charge in [-0.2, -0.15) is 0 Å². The van der Waals surface area contributed by atoms with Crippen molar-refractivity contribution in [1.82, 2.24) is 10.6 Å². The number of carbonyl (C=O) groups is 1. The lowest BCUT2D eigenvalue weighted by molar-refractivity contribution is 0.0897. The van der Waals surface area contributed by atoms with Gasteiger partial charge >= 0.3 is 0 Å². The van der Waals surface area contributed by atoms with Gasteiger partial charge in [0.15, 0.2) is 5.76 Å². The van der Waals surface area contributed by atoms with Crippen LogP contribution in [0, 0.1) is 5.92 Å². The largest absolute Gasteiger partial charge is 0.497 e. The van der Waals surface area contributed by atoms with Crippen LogP contribution in [0.5, 0.6) is 5.75 Å². The van der Waals surface area contributed by atoms with E-state index in [9.17, 15) is 4.79 Å². The molecule has 2 aliphatic rings. The number of nitrogens with one attached hydrogen (secondary N) is 2. The Morgan fingerprint density at radius 1 is 1.30 bits per heavy atom. The standard InChI is InChI=1S/C18H20N2O3/c1-22-14-4-2-3-11(8-14)16-5-6-17(23-16)18(21)20-15-9-13-7-12(15)10-19-13/h2-6,8,12-13,15,19H,7,9-10H2,1H3,(H,20,21). The van der Waals surface area contributed by atoms with Gasteiger partial charge < -0.3 is 19.8 Å². The molecule has 1 aliphatic heterocycles. The van der Waals surface area contributed by atoms with Gasteiger partial charge in [-0.3, -0.25) is 4.79 Å². The van der Waals surface area contributed by atoms with Crippen molar-refractivity contribution in [2.24, 2.45) is 5.92 Å². The summed E-state index contributed by atoms with van der Waals surface area (Å²) in [7, 11) is 1.63. The Morgan fingerprint density at radius 2 is 2.22 bits per heavy atom. The maximum atomic E-state index is 12.4. The van der Waals surface area contributed by atoms with Crippen molar-refractivity contribution in [3.63, 3.8) is 0 Å². The molecule has 3 atom stereocenters. The smallest absolute Gasteiger partial charge is 0.287 e. The molecule has 1 aliphatic carbocycles. The van der Waals surface area contributed by atoms with E-state index in [2.05, 4.69) is 10.6 Å². The van der Waals surface area contributed by atoms with Gasteiger partial charge in [0.25, 0.3) is 5.91 Å². The summed E-state index contributed by atoms with van der Waals surface area (Å²) in [6.45, 7) is 1.00. The van der Waals surface area contributed by atoms with Gasteiger partial charge in [-0.15, -0.1) is 0 Å². The highest BCUT2D eigenvalue weighted by molar-refractivity contribution is 5.92. The number of benzene rings is 1. The molecule has 1 aromatic heterocycles. The Morgan fingerprint density at radius 3 is 2.96 bits per heavy atom. The van der Waals surface area contributed by atoms with Crippen molar-refractivity contribution in [3.05, 3.63) is 42.2 Å². The van der Waals surface area contributed by atoms with Crippen LogP contribution in [0.2, 0.25) is 0 Å². The molecule has 5 nitrogen and oxygen atoms in total. The third-order valence-corrected chi connectivity index (χ3v) is 4.86. The van der Waals surface area contributed by atoms with Crippen LogP contribution in [0.1, 0.15) is 23.4 Å². The predicted octanol–water partition coefficient (Wildman–Crippen LogP) is 2.44. The number of piperidine rings is 1. The molecule has 2 N–H and O–H groups in total. The topological polar surface area (TPSA) is 63.5 Å². The maximum Gasteiger partial charge on any atom is 0.287 e. The second-order valence-corrected chi connectivity index (χ2v) is 6.31. The lowest BCUT2D eigenvalue weighted by Gasteiger charge is -2.22. The highest BCUT2D eigenvalue weighted by atomic mass is 16.5. The van der Waals surface area contributed by atoms with Crippen molar-refractivity contribution in [2.75, 3.05) is 13.7 Å². The first kappa shape index (κ1) is 14.3. The van der Waals surface area contributed by atoms with E-state index in [1.165, 1.54) is 0 Å². The molecule has 2 aromatic rings. The molecule has 2 bridgehead atoms. The quantitative estimate of drug-likeness (QED) is 0.910. The van der Waals surface area contributed by atoms with Crippen molar-refractivity contribution >= 4 is 5.91 Å². The minimum absolute atomic E-state index is 0.128. The second-order valence-electron chi connectivity index (χ2n) is 6.31. The molecule has 0 radical (unpaired) electrons. The molecule has 120 valence electrons. The van der Waals surface area contributed by atoms with Gasteiger partial charge in [0.1, 0.15) is 11.5 Å². The number of ether oxygens (including phenoxy) is 1. The number of fused-ring (bicyclic) bond motifs is 2. The Bertz CT molecular complexity index is 725. The lowest BCUT2D eigenvalue weighted by Crippen LogP contribution is -2.44. The number of carbonyl (C=O) groups excluding carboxylic acids is 1. The number of furan rings is 1. The first-order chi connectivity index (χ1) is 11.2. The van der Waals surface area contributed by atoms with E-state index in [1.54, 1.807) is 13.2 Å². The van der Waals surface area contributed by atoms with E-state index in [-0.39, 0.29) is 11.9 Å². The Labute approximate surface area is 135 Å². The normalized spacial score (nSPS) is 25.5. The minimum Gasteiger partial charge on any atom is -0.497 e. The van der Waals surface area contributed by atoms with Gasteiger partial charge in [0.05, 0.1) is 7.11 Å². The van der Waals surface area contributed by atoms with Crippen LogP contribution >= 0.6 is 0 Å². The monoisotopic (exact) mass is 312 g/mol. The second kappa shape index (κ2) is 5.74. The van der Waals surface area contributed by atoms with Gasteiger partial charge in [-0.1, -0.05) is 12.1 Å². The molecule has 0 spiro atoms. The van der Waals surface area contributed by atoms with Crippen LogP contribution in [-0.2, 0) is 0 Å². The average Bonchev–Trinajstić information content (AvgIpc) is 3.31. The van der Waals surface area contributed by atoms with Crippen molar-refractivity contribution in [3.8, 4) is 17.1 Å². The summed E-state index contributed by atoms with van der Waals surface area (Å²) in [4.78, 5) is 12.4. The van der Waals surface area contributed by atoms with Crippen LogP contribution in [0.25, 0.3) is 11.3 Å². The Kier molecular flexibility index (Phi) is 3.58. The first-order valence-corrected chi connectivity index (χ1v) is 8.01. The fourth-order valence-electron chi connectivity index (χ4n) is 3.64. The molecule has 1 amide bonds. The molecule has 4 rings (SSSR count). The van der Waals surface area contributed by atoms with E-state index >= 15 is 0 Å². The highest BCUT2D eigenvalue weighted by Gasteiger charge is 2.40. The van der Waals surface area contributed by atoms with Crippen LogP contribution in [-0.4, -0.2) is 31.6 Å². The summed E-state index contributed by atoms with van der Waals surface area (Å²) in [5.74, 6) is 2.22. The number of hydrogen-bond acceptors (Lipinski definition) is 4. The molecule has 1 saturated heterocycles. The maximum absolute atomic E-state index is 12.4. The third kappa shape index (κ3) is 2.72. The summed E-state index contributed by atoms with van der Waals surface area (Å²) in [5.41, 5.74) is 0.896. The van der Waals surface area contributed by atoms with Crippen molar-refractivity contribution < 1.29 is 13.9 Å². The first-order valence-electron chi connectivity index (χ1n) is 8.01. The molecule has 2 fully saturated rings. The summed E-state index contributed by atoms with van der Waals surface area (Å²) in [5, 5.41) is 6.57. The SMILES string of the molecule is COc1cccc(-c2ccc(C(=O)NC3CC4CC3CN4)o2)c1. The molecule has 5 heteroatoms. The van der Waals surface area contributed by atoms with Gasteiger partial charge in [-0.25, -0.2) is 0 Å². The van der Waals surface area contributed by atoms with Crippen molar-refractivity contribution in [2.45, 2.75) is 24.9 Å². The number of methoxy groups -OCH3 is 1. The summed E-state index contributed by atoms with van der Waals surface area (Å²) >= 11 is 0. The van der Waals surface area contributed by atoms with Crippen molar-refractivity contribution in [1.29, 1.82) is 0 Å². The van der Waals surface area contributed by atoms with E-state index in [4.69, 9.17) is 9.15 Å². The van der Waals surface area contributed by atoms with E-state index in [1.807, 2.05) is 30.3 Å². The van der Waals surface area contributed by atoms with Gasteiger partial charge in [0.2, 0.25) is 0 Å². The predicted molar refractivity (Wildman–Crippen MR) is 86.5 cm³/mol. The zero-order chi connectivity index (χ0) is 15.8. The molecule has 1 saturated carbocycles. The van der Waals surface area contributed by atoms with Gasteiger partial charge in [-0.05, 0) is 43.0 Å². The van der Waals surface area contributed by atoms with Crippen LogP contribution in [0.4, 0.5) is 0 Å². The molecule has 1 aromatic carbocycles. The molecular weight excluding hydrogens is 292 g/mol. The van der Waals surface area contributed by atoms with Crippen LogP contribution < -0.4 is 15.4 Å². The number of amides is 1. The minimum atomic E-state index is -0.128. The molecule has 3 unspecified atom stereocenters. The van der Waals surface area contributed by atoms with E-state index in [0.717, 1.165) is 30.7 Å². The molecular formula is C18H20N2O3. The summed E-state index contributed by atoms with van der Waals surface area (Å²) in [6.07, 6.45) is 2.18. The summed E-state index contributed by atoms with van der Waals surface area (Å²) < 4.78 is 11.0. The van der Waals surface area contributed by atoms with Gasteiger partial charge in [0, 0.05) is 24.2 Å². The van der Waals surface area contributed by atoms with E-state index < -0.39 is 0 Å².